The molecule has 0 radical (unpaired) electrons. The van der Waals surface area contributed by atoms with E-state index in [0.29, 0.717) is 0 Å². The van der Waals surface area contributed by atoms with Crippen LogP contribution in [0, 0.1) is 11.8 Å². The fourth-order valence-electron chi connectivity index (χ4n) is 0.974. The van der Waals surface area contributed by atoms with E-state index in [9.17, 15) is 0 Å². The fourth-order valence-corrected chi connectivity index (χ4v) is 1.12. The lowest BCUT2D eigenvalue weighted by Crippen LogP contribution is -1.73. The highest BCUT2D eigenvalue weighted by atomic mass is 32.1. The molecule has 0 N–H and O–H groups in total. The van der Waals surface area contributed by atoms with Gasteiger partial charge in [-0.1, -0.05) is 25.2 Å². The molecule has 1 aromatic carbocycles. The van der Waals surface area contributed by atoms with Crippen molar-refractivity contribution >= 4 is 12.6 Å². The normalized spacial score (nSPS) is 9.08. The standard InChI is InChI=1S/C12H14S/c1-2-3-4-5-6-11-7-9-12(13)10-8-11/h7-10,13H,2-4H2,1H3. The smallest absolute Gasteiger partial charge is 0.0246 e. The predicted molar refractivity (Wildman–Crippen MR) is 60.1 cm³/mol. The maximum Gasteiger partial charge on any atom is 0.0246 e. The molecule has 0 aliphatic heterocycles. The summed E-state index contributed by atoms with van der Waals surface area (Å²) in [6.45, 7) is 2.18. The van der Waals surface area contributed by atoms with E-state index in [-0.39, 0.29) is 0 Å². The van der Waals surface area contributed by atoms with Gasteiger partial charge in [-0.25, -0.2) is 0 Å². The van der Waals surface area contributed by atoms with Crippen molar-refractivity contribution in [1.82, 2.24) is 0 Å². The molecule has 1 heteroatoms. The Bertz CT molecular complexity index is 300. The average Bonchev–Trinajstić information content (AvgIpc) is 2.15. The van der Waals surface area contributed by atoms with Crippen LogP contribution in [0.4, 0.5) is 0 Å². The van der Waals surface area contributed by atoms with Crippen molar-refractivity contribution in [2.75, 3.05) is 0 Å². The SMILES string of the molecule is CCCCC#Cc1ccc(S)cc1. The van der Waals surface area contributed by atoms with Gasteiger partial charge in [0.2, 0.25) is 0 Å². The quantitative estimate of drug-likeness (QED) is 0.412. The first-order valence-corrected chi connectivity index (χ1v) is 5.05. The Kier molecular flexibility index (Phi) is 4.49. The van der Waals surface area contributed by atoms with Gasteiger partial charge >= 0.3 is 0 Å². The third-order valence-corrected chi connectivity index (χ3v) is 2.05. The molecule has 1 rings (SSSR count). The molecule has 0 nitrogen and oxygen atoms in total. The lowest BCUT2D eigenvalue weighted by Gasteiger charge is -1.90. The molecule has 0 aliphatic carbocycles. The summed E-state index contributed by atoms with van der Waals surface area (Å²) in [7, 11) is 0. The first kappa shape index (κ1) is 10.2. The third-order valence-electron chi connectivity index (χ3n) is 1.76. The topological polar surface area (TPSA) is 0 Å². The van der Waals surface area contributed by atoms with Crippen molar-refractivity contribution in [3.8, 4) is 11.8 Å². The molecule has 0 amide bonds. The molecule has 0 bridgehead atoms. The van der Waals surface area contributed by atoms with E-state index in [1.54, 1.807) is 0 Å². The molecule has 0 spiro atoms. The second-order valence-corrected chi connectivity index (χ2v) is 3.47. The summed E-state index contributed by atoms with van der Waals surface area (Å²) in [6, 6.07) is 7.93. The summed E-state index contributed by atoms with van der Waals surface area (Å²) in [5, 5.41) is 0. The molecule has 0 saturated heterocycles. The van der Waals surface area contributed by atoms with Crippen LogP contribution in [0.2, 0.25) is 0 Å². The van der Waals surface area contributed by atoms with Gasteiger partial charge in [-0.3, -0.25) is 0 Å². The van der Waals surface area contributed by atoms with Gasteiger partial charge in [-0.15, -0.1) is 12.6 Å². The summed E-state index contributed by atoms with van der Waals surface area (Å²) in [5.74, 6) is 6.27. The van der Waals surface area contributed by atoms with Crippen LogP contribution < -0.4 is 0 Å². The largest absolute Gasteiger partial charge is 0.143 e. The van der Waals surface area contributed by atoms with Gasteiger partial charge in [-0.2, -0.15) is 0 Å². The molecule has 1 aromatic rings. The molecule has 68 valence electrons. The second kappa shape index (κ2) is 5.72. The van der Waals surface area contributed by atoms with Crippen molar-refractivity contribution in [2.24, 2.45) is 0 Å². The maximum atomic E-state index is 4.21. The van der Waals surface area contributed by atoms with Gasteiger partial charge in [0.1, 0.15) is 0 Å². The summed E-state index contributed by atoms with van der Waals surface area (Å²) in [5.41, 5.74) is 1.08. The minimum atomic E-state index is 0.985. The number of benzene rings is 1. The van der Waals surface area contributed by atoms with Crippen LogP contribution in [0.1, 0.15) is 31.7 Å². The summed E-state index contributed by atoms with van der Waals surface area (Å²) < 4.78 is 0. The van der Waals surface area contributed by atoms with Crippen LogP contribution in [0.3, 0.4) is 0 Å². The van der Waals surface area contributed by atoms with Crippen LogP contribution in [0.15, 0.2) is 29.2 Å². The van der Waals surface area contributed by atoms with E-state index in [1.807, 2.05) is 24.3 Å². The number of unbranched alkanes of at least 4 members (excludes halogenated alkanes) is 2. The lowest BCUT2D eigenvalue weighted by molar-refractivity contribution is 0.828. The Morgan fingerprint density at radius 3 is 2.54 bits per heavy atom. The van der Waals surface area contributed by atoms with Gasteiger partial charge in [0, 0.05) is 16.9 Å². The zero-order valence-corrected chi connectivity index (χ0v) is 8.77. The highest BCUT2D eigenvalue weighted by molar-refractivity contribution is 7.80. The molecule has 13 heavy (non-hydrogen) atoms. The molecule has 0 atom stereocenters. The van der Waals surface area contributed by atoms with Gasteiger partial charge in [0.05, 0.1) is 0 Å². The highest BCUT2D eigenvalue weighted by Crippen LogP contribution is 2.06. The third kappa shape index (κ3) is 4.05. The molecular formula is C12H14S. The zero-order chi connectivity index (χ0) is 9.52. The van der Waals surface area contributed by atoms with Crippen LogP contribution in [-0.4, -0.2) is 0 Å². The van der Waals surface area contributed by atoms with Crippen molar-refractivity contribution < 1.29 is 0 Å². The van der Waals surface area contributed by atoms with Crippen molar-refractivity contribution in [3.05, 3.63) is 29.8 Å². The van der Waals surface area contributed by atoms with Crippen molar-refractivity contribution in [1.29, 1.82) is 0 Å². The van der Waals surface area contributed by atoms with Crippen LogP contribution in [0.5, 0.6) is 0 Å². The monoisotopic (exact) mass is 190 g/mol. The molecule has 0 saturated carbocycles. The van der Waals surface area contributed by atoms with Gasteiger partial charge in [0.25, 0.3) is 0 Å². The lowest BCUT2D eigenvalue weighted by atomic mass is 10.2. The first-order valence-electron chi connectivity index (χ1n) is 4.61. The number of hydrogen-bond acceptors (Lipinski definition) is 1. The molecule has 0 aromatic heterocycles. The fraction of sp³-hybridized carbons (Fsp3) is 0.333. The van der Waals surface area contributed by atoms with Gasteiger partial charge in [0.15, 0.2) is 0 Å². The van der Waals surface area contributed by atoms with E-state index in [4.69, 9.17) is 0 Å². The molecule has 0 heterocycles. The molecule has 0 aliphatic rings. The van der Waals surface area contributed by atoms with E-state index < -0.39 is 0 Å². The van der Waals surface area contributed by atoms with Crippen LogP contribution >= 0.6 is 12.6 Å². The Labute approximate surface area is 85.8 Å². The Morgan fingerprint density at radius 2 is 1.92 bits per heavy atom. The van der Waals surface area contributed by atoms with Gasteiger partial charge < -0.3 is 0 Å². The van der Waals surface area contributed by atoms with E-state index in [2.05, 4.69) is 31.4 Å². The zero-order valence-electron chi connectivity index (χ0n) is 7.88. The number of hydrogen-bond donors (Lipinski definition) is 1. The minimum Gasteiger partial charge on any atom is -0.143 e. The summed E-state index contributed by atoms with van der Waals surface area (Å²) in [4.78, 5) is 0.985. The summed E-state index contributed by atoms with van der Waals surface area (Å²) >= 11 is 4.21. The predicted octanol–water partition coefficient (Wildman–Crippen LogP) is 3.52. The average molecular weight is 190 g/mol. The molecule has 0 unspecified atom stereocenters. The van der Waals surface area contributed by atoms with Crippen molar-refractivity contribution in [2.45, 2.75) is 31.1 Å². The van der Waals surface area contributed by atoms with Crippen LogP contribution in [-0.2, 0) is 0 Å². The van der Waals surface area contributed by atoms with Crippen LogP contribution in [0.25, 0.3) is 0 Å². The summed E-state index contributed by atoms with van der Waals surface area (Å²) in [6.07, 6.45) is 3.40. The van der Waals surface area contributed by atoms with E-state index >= 15 is 0 Å². The van der Waals surface area contributed by atoms with E-state index in [0.717, 1.165) is 16.9 Å². The maximum absolute atomic E-state index is 4.21. The number of rotatable bonds is 2. The number of thiol groups is 1. The molecule has 0 fully saturated rings. The highest BCUT2D eigenvalue weighted by Gasteiger charge is 1.85. The second-order valence-electron chi connectivity index (χ2n) is 2.95. The van der Waals surface area contributed by atoms with Crippen molar-refractivity contribution in [3.63, 3.8) is 0 Å². The van der Waals surface area contributed by atoms with Gasteiger partial charge in [-0.05, 0) is 30.7 Å². The molecular weight excluding hydrogens is 176 g/mol. The minimum absolute atomic E-state index is 0.985. The Hall–Kier alpha value is -0.870. The Balaban J connectivity index is 2.52. The van der Waals surface area contributed by atoms with E-state index in [1.165, 1.54) is 12.8 Å². The Morgan fingerprint density at radius 1 is 1.23 bits per heavy atom. The first-order chi connectivity index (χ1) is 6.33.